The summed E-state index contributed by atoms with van der Waals surface area (Å²) in [5.74, 6) is 0.449. The van der Waals surface area contributed by atoms with Gasteiger partial charge in [0, 0.05) is 18.0 Å². The second kappa shape index (κ2) is 8.40. The molecule has 1 aliphatic heterocycles. The van der Waals surface area contributed by atoms with Crippen molar-refractivity contribution in [3.63, 3.8) is 0 Å². The molecule has 6 nitrogen and oxygen atoms in total. The minimum atomic E-state index is -0.181. The molecule has 1 saturated heterocycles. The Morgan fingerprint density at radius 1 is 1.03 bits per heavy atom. The molecule has 0 saturated carbocycles. The smallest absolute Gasteiger partial charge is 0.275 e. The molecule has 156 valence electrons. The fourth-order valence-corrected chi connectivity index (χ4v) is 4.12. The van der Waals surface area contributed by atoms with Crippen LogP contribution in [0.2, 0.25) is 0 Å². The molecule has 3 aromatic rings. The number of aromatic nitrogens is 2. The van der Waals surface area contributed by atoms with Gasteiger partial charge in [0.2, 0.25) is 0 Å². The number of hydrogen-bond acceptors (Lipinski definition) is 3. The van der Waals surface area contributed by atoms with Gasteiger partial charge in [-0.15, -0.1) is 0 Å². The van der Waals surface area contributed by atoms with Crippen LogP contribution in [-0.2, 0) is 13.6 Å². The average Bonchev–Trinajstić information content (AvgIpc) is 2.77. The molecule has 0 radical (unpaired) electrons. The highest BCUT2D eigenvalue weighted by atomic mass is 16.2. The maximum Gasteiger partial charge on any atom is 0.275 e. The lowest BCUT2D eigenvalue weighted by atomic mass is 10.0. The van der Waals surface area contributed by atoms with Gasteiger partial charge in [-0.25, -0.2) is 4.68 Å². The zero-order valence-corrected chi connectivity index (χ0v) is 17.9. The number of rotatable bonds is 4. The maximum absolute atomic E-state index is 13.2. The van der Waals surface area contributed by atoms with Gasteiger partial charge in [0.1, 0.15) is 6.54 Å². The van der Waals surface area contributed by atoms with Gasteiger partial charge in [-0.2, -0.15) is 5.10 Å². The molecule has 0 atom stereocenters. The third-order valence-electron chi connectivity index (χ3n) is 6.02. The number of carbonyl (C=O) groups excluding carboxylic acids is 1. The molecule has 4 rings (SSSR count). The standard InChI is InChI=1S/C24H28N4O2/c1-17(2)19-10-8-18(9-11-19)16-27-12-14-28(15-13-27)24(30)22-20-6-4-5-7-21(20)23(29)26(3)25-22/h4-11,17H,12-16H2,1-3H3/p+1. The Bertz CT molecular complexity index is 1110. The molecule has 1 N–H and O–H groups in total. The Hall–Kier alpha value is -2.99. The highest BCUT2D eigenvalue weighted by Crippen LogP contribution is 2.16. The van der Waals surface area contributed by atoms with E-state index in [1.165, 1.54) is 20.7 Å². The van der Waals surface area contributed by atoms with Crippen LogP contribution >= 0.6 is 0 Å². The van der Waals surface area contributed by atoms with Gasteiger partial charge in [-0.3, -0.25) is 9.59 Å². The number of fused-ring (bicyclic) bond motifs is 1. The van der Waals surface area contributed by atoms with Crippen molar-refractivity contribution in [3.8, 4) is 0 Å². The molecular formula is C24H29N4O2+. The van der Waals surface area contributed by atoms with E-state index in [0.29, 0.717) is 35.5 Å². The third-order valence-corrected chi connectivity index (χ3v) is 6.02. The highest BCUT2D eigenvalue weighted by molar-refractivity contribution is 6.04. The highest BCUT2D eigenvalue weighted by Gasteiger charge is 2.27. The number of amides is 1. The molecule has 0 spiro atoms. The number of benzene rings is 2. The summed E-state index contributed by atoms with van der Waals surface area (Å²) < 4.78 is 1.26. The normalized spacial score (nSPS) is 15.1. The summed E-state index contributed by atoms with van der Waals surface area (Å²) in [7, 11) is 1.60. The molecule has 30 heavy (non-hydrogen) atoms. The van der Waals surface area contributed by atoms with Crippen LogP contribution in [0.5, 0.6) is 0 Å². The molecule has 0 unspecified atom stereocenters. The summed E-state index contributed by atoms with van der Waals surface area (Å²) in [6, 6.07) is 16.1. The monoisotopic (exact) mass is 405 g/mol. The van der Waals surface area contributed by atoms with Crippen molar-refractivity contribution < 1.29 is 9.69 Å². The second-order valence-corrected chi connectivity index (χ2v) is 8.44. The van der Waals surface area contributed by atoms with E-state index in [1.807, 2.05) is 17.0 Å². The molecule has 1 amide bonds. The fraction of sp³-hybridized carbons (Fsp3) is 0.375. The summed E-state index contributed by atoms with van der Waals surface area (Å²) in [6.45, 7) is 8.58. The topological polar surface area (TPSA) is 59.6 Å². The van der Waals surface area contributed by atoms with Crippen LogP contribution in [0, 0.1) is 0 Å². The molecular weight excluding hydrogens is 376 g/mol. The summed E-state index contributed by atoms with van der Waals surface area (Å²) in [5, 5.41) is 5.46. The Morgan fingerprint density at radius 3 is 2.30 bits per heavy atom. The molecule has 2 aromatic carbocycles. The van der Waals surface area contributed by atoms with Crippen LogP contribution in [0.25, 0.3) is 10.8 Å². The van der Waals surface area contributed by atoms with Gasteiger partial charge < -0.3 is 9.80 Å². The lowest BCUT2D eigenvalue weighted by molar-refractivity contribution is -0.917. The van der Waals surface area contributed by atoms with Gasteiger partial charge in [0.25, 0.3) is 11.5 Å². The van der Waals surface area contributed by atoms with Crippen molar-refractivity contribution in [2.24, 2.45) is 7.05 Å². The van der Waals surface area contributed by atoms with E-state index in [4.69, 9.17) is 0 Å². The molecule has 2 heterocycles. The van der Waals surface area contributed by atoms with Crippen molar-refractivity contribution in [2.45, 2.75) is 26.3 Å². The SMILES string of the molecule is CC(C)c1ccc(C[NH+]2CCN(C(=O)c3nn(C)c(=O)c4ccccc34)CC2)cc1. The summed E-state index contributed by atoms with van der Waals surface area (Å²) in [4.78, 5) is 28.9. The van der Waals surface area contributed by atoms with Gasteiger partial charge in [0.05, 0.1) is 31.6 Å². The Labute approximate surface area is 176 Å². The van der Waals surface area contributed by atoms with Crippen LogP contribution < -0.4 is 10.5 Å². The first-order valence-corrected chi connectivity index (χ1v) is 10.6. The summed E-state index contributed by atoms with van der Waals surface area (Å²) in [5.41, 5.74) is 2.88. The molecule has 6 heteroatoms. The predicted molar refractivity (Wildman–Crippen MR) is 118 cm³/mol. The number of nitrogens with one attached hydrogen (secondary N) is 1. The van der Waals surface area contributed by atoms with E-state index >= 15 is 0 Å². The fourth-order valence-electron chi connectivity index (χ4n) is 4.12. The minimum Gasteiger partial charge on any atom is -0.328 e. The Kier molecular flexibility index (Phi) is 5.68. The number of nitrogens with zero attached hydrogens (tertiary/aromatic N) is 3. The van der Waals surface area contributed by atoms with E-state index in [9.17, 15) is 9.59 Å². The molecule has 1 aliphatic rings. The molecule has 0 aliphatic carbocycles. The number of hydrogen-bond donors (Lipinski definition) is 1. The van der Waals surface area contributed by atoms with Crippen LogP contribution in [0.1, 0.15) is 41.4 Å². The predicted octanol–water partition coefficient (Wildman–Crippen LogP) is 1.60. The number of piperazine rings is 1. The van der Waals surface area contributed by atoms with Gasteiger partial charge in [-0.05, 0) is 17.5 Å². The zero-order chi connectivity index (χ0) is 21.3. The zero-order valence-electron chi connectivity index (χ0n) is 17.9. The first kappa shape index (κ1) is 20.3. The van der Waals surface area contributed by atoms with E-state index in [1.54, 1.807) is 19.2 Å². The van der Waals surface area contributed by atoms with Crippen molar-refractivity contribution in [1.29, 1.82) is 0 Å². The lowest BCUT2D eigenvalue weighted by Crippen LogP contribution is -3.13. The van der Waals surface area contributed by atoms with Crippen LogP contribution in [0.3, 0.4) is 0 Å². The number of carbonyl (C=O) groups is 1. The third kappa shape index (κ3) is 4.00. The number of aryl methyl sites for hydroxylation is 1. The lowest BCUT2D eigenvalue weighted by Gasteiger charge is -2.32. The van der Waals surface area contributed by atoms with E-state index in [-0.39, 0.29) is 11.5 Å². The van der Waals surface area contributed by atoms with E-state index in [0.717, 1.165) is 19.6 Å². The molecule has 1 aromatic heterocycles. The Morgan fingerprint density at radius 2 is 1.67 bits per heavy atom. The van der Waals surface area contributed by atoms with Crippen molar-refractivity contribution in [3.05, 3.63) is 75.7 Å². The summed E-state index contributed by atoms with van der Waals surface area (Å²) in [6.07, 6.45) is 0. The van der Waals surface area contributed by atoms with Gasteiger partial charge >= 0.3 is 0 Å². The van der Waals surface area contributed by atoms with Gasteiger partial charge in [0.15, 0.2) is 5.69 Å². The minimum absolute atomic E-state index is 0.0952. The van der Waals surface area contributed by atoms with Crippen molar-refractivity contribution >= 4 is 16.7 Å². The first-order valence-electron chi connectivity index (χ1n) is 10.6. The first-order chi connectivity index (χ1) is 14.4. The molecule has 1 fully saturated rings. The maximum atomic E-state index is 13.2. The number of quaternary nitrogens is 1. The van der Waals surface area contributed by atoms with Crippen LogP contribution in [0.4, 0.5) is 0 Å². The van der Waals surface area contributed by atoms with Crippen LogP contribution in [0.15, 0.2) is 53.3 Å². The largest absolute Gasteiger partial charge is 0.328 e. The summed E-state index contributed by atoms with van der Waals surface area (Å²) >= 11 is 0. The van der Waals surface area contributed by atoms with E-state index in [2.05, 4.69) is 43.2 Å². The van der Waals surface area contributed by atoms with Crippen molar-refractivity contribution in [2.75, 3.05) is 26.2 Å². The van der Waals surface area contributed by atoms with Crippen molar-refractivity contribution in [1.82, 2.24) is 14.7 Å². The molecule has 0 bridgehead atoms. The average molecular weight is 406 g/mol. The Balaban J connectivity index is 1.44. The van der Waals surface area contributed by atoms with Crippen LogP contribution in [-0.4, -0.2) is 46.8 Å². The van der Waals surface area contributed by atoms with E-state index < -0.39 is 0 Å². The second-order valence-electron chi connectivity index (χ2n) is 8.44. The van der Waals surface area contributed by atoms with Gasteiger partial charge in [-0.1, -0.05) is 56.3 Å². The quantitative estimate of drug-likeness (QED) is 0.717.